The van der Waals surface area contributed by atoms with E-state index in [1.54, 1.807) is 6.07 Å². The molecule has 0 aliphatic rings. The molecule has 102 valence electrons. The molecule has 0 radical (unpaired) electrons. The zero-order chi connectivity index (χ0) is 14.0. The number of nitrogens with zero attached hydrogens (tertiary/aromatic N) is 2. The van der Waals surface area contributed by atoms with Crippen LogP contribution < -0.4 is 5.73 Å². The van der Waals surface area contributed by atoms with Gasteiger partial charge < -0.3 is 10.3 Å². The minimum Gasteiger partial charge on any atom is -0.366 e. The van der Waals surface area contributed by atoms with E-state index in [0.717, 1.165) is 0 Å². The molecule has 1 aromatic heterocycles. The second-order valence-electron chi connectivity index (χ2n) is 3.80. The average molecular weight is 273 g/mol. The minimum atomic E-state index is -4.64. The number of hydrogen-bond acceptors (Lipinski definition) is 3. The fraction of sp³-hybridized carbons (Fsp3) is 0.273. The zero-order valence-corrected chi connectivity index (χ0v) is 9.65. The molecule has 0 spiro atoms. The molecule has 0 fully saturated rings. The number of fused-ring (bicyclic) bond motifs is 1. The van der Waals surface area contributed by atoms with Crippen molar-refractivity contribution in [1.82, 2.24) is 9.55 Å². The molecular weight excluding hydrogens is 263 g/mol. The lowest BCUT2D eigenvalue weighted by Crippen LogP contribution is -2.17. The Balaban J connectivity index is 2.15. The molecule has 0 unspecified atom stereocenters. The van der Waals surface area contributed by atoms with Gasteiger partial charge >= 0.3 is 6.36 Å². The van der Waals surface area contributed by atoms with Gasteiger partial charge in [-0.25, -0.2) is 4.98 Å². The van der Waals surface area contributed by atoms with E-state index in [9.17, 15) is 18.0 Å². The summed E-state index contributed by atoms with van der Waals surface area (Å²) in [5.74, 6) is -0.586. The van der Waals surface area contributed by atoms with E-state index in [-0.39, 0.29) is 6.54 Å². The van der Waals surface area contributed by atoms with Crippen LogP contribution in [-0.2, 0) is 11.3 Å². The third kappa shape index (κ3) is 3.22. The van der Waals surface area contributed by atoms with E-state index in [1.165, 1.54) is 23.0 Å². The Morgan fingerprint density at radius 3 is 2.79 bits per heavy atom. The maximum Gasteiger partial charge on any atom is 0.522 e. The number of benzene rings is 1. The number of hydrogen-bond donors (Lipinski definition) is 1. The Morgan fingerprint density at radius 2 is 2.16 bits per heavy atom. The Labute approximate surface area is 105 Å². The summed E-state index contributed by atoms with van der Waals surface area (Å²) < 4.78 is 40.7. The van der Waals surface area contributed by atoms with Crippen molar-refractivity contribution in [3.8, 4) is 0 Å². The SMILES string of the molecule is NC(=O)c1ccc2c(c1)ncn2CCOC(F)(F)F. The summed E-state index contributed by atoms with van der Waals surface area (Å²) in [5.41, 5.74) is 6.51. The Kier molecular flexibility index (Phi) is 3.43. The van der Waals surface area contributed by atoms with Crippen LogP contribution in [0.5, 0.6) is 0 Å². The lowest BCUT2D eigenvalue weighted by molar-refractivity contribution is -0.325. The van der Waals surface area contributed by atoms with Gasteiger partial charge in [-0.15, -0.1) is 13.2 Å². The van der Waals surface area contributed by atoms with Crippen molar-refractivity contribution in [3.63, 3.8) is 0 Å². The highest BCUT2D eigenvalue weighted by atomic mass is 19.4. The van der Waals surface area contributed by atoms with Gasteiger partial charge in [-0.2, -0.15) is 0 Å². The summed E-state index contributed by atoms with van der Waals surface area (Å²) in [6.07, 6.45) is -3.26. The van der Waals surface area contributed by atoms with Gasteiger partial charge in [0.05, 0.1) is 24.0 Å². The van der Waals surface area contributed by atoms with Crippen LogP contribution in [0.2, 0.25) is 0 Å². The number of nitrogens with two attached hydrogens (primary N) is 1. The lowest BCUT2D eigenvalue weighted by atomic mass is 10.2. The molecule has 5 nitrogen and oxygen atoms in total. The van der Waals surface area contributed by atoms with E-state index in [0.29, 0.717) is 16.6 Å². The number of imidazole rings is 1. The van der Waals surface area contributed by atoms with E-state index >= 15 is 0 Å². The van der Waals surface area contributed by atoms with Gasteiger partial charge in [0.15, 0.2) is 0 Å². The van der Waals surface area contributed by atoms with Crippen molar-refractivity contribution >= 4 is 16.9 Å². The molecule has 0 saturated carbocycles. The van der Waals surface area contributed by atoms with Gasteiger partial charge in [-0.1, -0.05) is 0 Å². The molecule has 0 bridgehead atoms. The second-order valence-corrected chi connectivity index (χ2v) is 3.80. The molecule has 1 amide bonds. The van der Waals surface area contributed by atoms with Crippen LogP contribution in [0.25, 0.3) is 11.0 Å². The first-order chi connectivity index (χ1) is 8.87. The van der Waals surface area contributed by atoms with Crippen molar-refractivity contribution in [3.05, 3.63) is 30.1 Å². The molecule has 0 saturated heterocycles. The fourth-order valence-electron chi connectivity index (χ4n) is 1.65. The molecule has 0 atom stereocenters. The number of ether oxygens (including phenoxy) is 1. The normalized spacial score (nSPS) is 11.9. The molecule has 1 aromatic carbocycles. The van der Waals surface area contributed by atoms with Crippen molar-refractivity contribution < 1.29 is 22.7 Å². The summed E-state index contributed by atoms with van der Waals surface area (Å²) in [5, 5.41) is 0. The smallest absolute Gasteiger partial charge is 0.366 e. The van der Waals surface area contributed by atoms with Gasteiger partial charge in [0.2, 0.25) is 5.91 Å². The van der Waals surface area contributed by atoms with E-state index in [4.69, 9.17) is 5.73 Å². The first-order valence-electron chi connectivity index (χ1n) is 5.32. The molecule has 0 aliphatic carbocycles. The van der Waals surface area contributed by atoms with Crippen LogP contribution in [0.1, 0.15) is 10.4 Å². The number of primary amides is 1. The first-order valence-corrected chi connectivity index (χ1v) is 5.32. The highest BCUT2D eigenvalue weighted by molar-refractivity contribution is 5.96. The molecule has 2 aromatic rings. The molecule has 8 heteroatoms. The van der Waals surface area contributed by atoms with Crippen molar-refractivity contribution in [2.24, 2.45) is 5.73 Å². The van der Waals surface area contributed by atoms with Gasteiger partial charge in [0, 0.05) is 12.1 Å². The number of amides is 1. The maximum atomic E-state index is 11.8. The largest absolute Gasteiger partial charge is 0.522 e. The topological polar surface area (TPSA) is 70.1 Å². The number of carbonyl (C=O) groups is 1. The zero-order valence-electron chi connectivity index (χ0n) is 9.65. The van der Waals surface area contributed by atoms with Crippen LogP contribution in [0.3, 0.4) is 0 Å². The molecule has 19 heavy (non-hydrogen) atoms. The monoisotopic (exact) mass is 273 g/mol. The quantitative estimate of drug-likeness (QED) is 0.921. The molecular formula is C11H10F3N3O2. The van der Waals surface area contributed by atoms with E-state index in [1.807, 2.05) is 0 Å². The summed E-state index contributed by atoms with van der Waals surface area (Å²) >= 11 is 0. The van der Waals surface area contributed by atoms with E-state index < -0.39 is 18.9 Å². The maximum absolute atomic E-state index is 11.8. The standard InChI is InChI=1S/C11H10F3N3O2/c12-11(13,14)19-4-3-17-6-16-8-5-7(10(15)18)1-2-9(8)17/h1-2,5-6H,3-4H2,(H2,15,18). The molecule has 1 heterocycles. The van der Waals surface area contributed by atoms with Crippen molar-refractivity contribution in [2.45, 2.75) is 12.9 Å². The molecule has 2 rings (SSSR count). The van der Waals surface area contributed by atoms with Crippen LogP contribution >= 0.6 is 0 Å². The van der Waals surface area contributed by atoms with Crippen LogP contribution in [0, 0.1) is 0 Å². The van der Waals surface area contributed by atoms with Crippen LogP contribution in [0.4, 0.5) is 13.2 Å². The van der Waals surface area contributed by atoms with Gasteiger partial charge in [0.1, 0.15) is 0 Å². The number of aromatic nitrogens is 2. The Bertz CT molecular complexity index is 607. The van der Waals surface area contributed by atoms with Gasteiger partial charge in [-0.05, 0) is 18.2 Å². The Morgan fingerprint density at radius 1 is 1.42 bits per heavy atom. The number of alkyl halides is 3. The summed E-state index contributed by atoms with van der Waals surface area (Å²) in [7, 11) is 0. The number of rotatable bonds is 4. The molecule has 0 aliphatic heterocycles. The average Bonchev–Trinajstić information content (AvgIpc) is 2.70. The summed E-state index contributed by atoms with van der Waals surface area (Å²) in [4.78, 5) is 15.0. The lowest BCUT2D eigenvalue weighted by Gasteiger charge is -2.08. The number of carbonyl (C=O) groups excluding carboxylic acids is 1. The fourth-order valence-corrected chi connectivity index (χ4v) is 1.65. The predicted octanol–water partition coefficient (Wildman–Crippen LogP) is 1.67. The van der Waals surface area contributed by atoms with Crippen LogP contribution in [-0.4, -0.2) is 28.4 Å². The molecule has 2 N–H and O–H groups in total. The predicted molar refractivity (Wildman–Crippen MR) is 60.3 cm³/mol. The minimum absolute atomic E-state index is 0.00588. The van der Waals surface area contributed by atoms with Crippen LogP contribution in [0.15, 0.2) is 24.5 Å². The van der Waals surface area contributed by atoms with Crippen molar-refractivity contribution in [1.29, 1.82) is 0 Å². The summed E-state index contributed by atoms with van der Waals surface area (Å²) in [6.45, 7) is -0.502. The highest BCUT2D eigenvalue weighted by Crippen LogP contribution is 2.18. The van der Waals surface area contributed by atoms with Crippen molar-refractivity contribution in [2.75, 3.05) is 6.61 Å². The highest BCUT2D eigenvalue weighted by Gasteiger charge is 2.28. The second kappa shape index (κ2) is 4.88. The van der Waals surface area contributed by atoms with Gasteiger partial charge in [0.25, 0.3) is 0 Å². The summed E-state index contributed by atoms with van der Waals surface area (Å²) in [6, 6.07) is 4.56. The Hall–Kier alpha value is -2.09. The third-order valence-corrected chi connectivity index (χ3v) is 2.50. The third-order valence-electron chi connectivity index (χ3n) is 2.50. The van der Waals surface area contributed by atoms with Gasteiger partial charge in [-0.3, -0.25) is 9.53 Å². The number of halogens is 3. The van der Waals surface area contributed by atoms with E-state index in [2.05, 4.69) is 9.72 Å². The first kappa shape index (κ1) is 13.3.